The number of piperidine rings is 1. The maximum atomic E-state index is 14.0. The standard InChI is InChI=1S/C16H25FN2.C2H6/c1-12(2)13-4-5-14(16(17)10-13)11-18-15-6-8-19(3)9-7-15;1-2/h4-5,10,12,15,18H,6-9,11H2,1-3H3;1-2H3. The van der Waals surface area contributed by atoms with E-state index in [9.17, 15) is 4.39 Å². The summed E-state index contributed by atoms with van der Waals surface area (Å²) in [6.45, 7) is 11.1. The lowest BCUT2D eigenvalue weighted by molar-refractivity contribution is 0.233. The summed E-state index contributed by atoms with van der Waals surface area (Å²) in [6.07, 6.45) is 2.31. The van der Waals surface area contributed by atoms with Crippen LogP contribution < -0.4 is 5.32 Å². The second kappa shape index (κ2) is 9.16. The third kappa shape index (κ3) is 5.76. The Balaban J connectivity index is 0.00000106. The number of nitrogens with zero attached hydrogens (tertiary/aromatic N) is 1. The van der Waals surface area contributed by atoms with Crippen molar-refractivity contribution in [3.8, 4) is 0 Å². The van der Waals surface area contributed by atoms with Gasteiger partial charge in [-0.2, -0.15) is 0 Å². The van der Waals surface area contributed by atoms with Gasteiger partial charge in [-0.1, -0.05) is 39.8 Å². The molecule has 1 saturated heterocycles. The SMILES string of the molecule is CC.CC(C)c1ccc(CNC2CCN(C)CC2)c(F)c1. The average Bonchev–Trinajstić information content (AvgIpc) is 2.49. The van der Waals surface area contributed by atoms with Crippen molar-refractivity contribution in [1.29, 1.82) is 0 Å². The summed E-state index contributed by atoms with van der Waals surface area (Å²) in [5, 5.41) is 3.48. The van der Waals surface area contributed by atoms with Gasteiger partial charge >= 0.3 is 0 Å². The van der Waals surface area contributed by atoms with Gasteiger partial charge in [0.1, 0.15) is 5.82 Å². The molecular formula is C18H31FN2. The smallest absolute Gasteiger partial charge is 0.127 e. The third-order valence-electron chi connectivity index (χ3n) is 4.04. The minimum atomic E-state index is -0.0772. The van der Waals surface area contributed by atoms with Crippen molar-refractivity contribution in [2.75, 3.05) is 20.1 Å². The molecule has 0 saturated carbocycles. The normalized spacial score (nSPS) is 16.7. The van der Waals surface area contributed by atoms with Crippen molar-refractivity contribution < 1.29 is 4.39 Å². The molecule has 1 aromatic rings. The van der Waals surface area contributed by atoms with Gasteiger partial charge in [0, 0.05) is 18.2 Å². The average molecular weight is 294 g/mol. The summed E-state index contributed by atoms with van der Waals surface area (Å²) < 4.78 is 14.0. The van der Waals surface area contributed by atoms with Gasteiger partial charge < -0.3 is 10.2 Å². The molecule has 120 valence electrons. The predicted molar refractivity (Wildman–Crippen MR) is 89.2 cm³/mol. The van der Waals surface area contributed by atoms with E-state index >= 15 is 0 Å². The first kappa shape index (κ1) is 18.1. The Bertz CT molecular complexity index is 410. The molecule has 0 aromatic heterocycles. The van der Waals surface area contributed by atoms with E-state index in [4.69, 9.17) is 0 Å². The van der Waals surface area contributed by atoms with Crippen molar-refractivity contribution in [1.82, 2.24) is 10.2 Å². The molecule has 0 unspecified atom stereocenters. The Hall–Kier alpha value is -0.930. The van der Waals surface area contributed by atoms with Crippen molar-refractivity contribution >= 4 is 0 Å². The fraction of sp³-hybridized carbons (Fsp3) is 0.667. The highest BCUT2D eigenvalue weighted by molar-refractivity contribution is 5.26. The quantitative estimate of drug-likeness (QED) is 0.897. The first-order chi connectivity index (χ1) is 10.1. The van der Waals surface area contributed by atoms with E-state index in [0.717, 1.165) is 37.1 Å². The molecule has 0 bridgehead atoms. The van der Waals surface area contributed by atoms with Gasteiger partial charge in [-0.05, 0) is 50.5 Å². The van der Waals surface area contributed by atoms with Gasteiger partial charge in [-0.25, -0.2) is 4.39 Å². The van der Waals surface area contributed by atoms with E-state index in [1.807, 2.05) is 26.0 Å². The van der Waals surface area contributed by atoms with Crippen LogP contribution >= 0.6 is 0 Å². The number of nitrogens with one attached hydrogen (secondary N) is 1. The summed E-state index contributed by atoms with van der Waals surface area (Å²) in [5.41, 5.74) is 1.85. The molecule has 2 rings (SSSR count). The molecule has 1 aliphatic heterocycles. The van der Waals surface area contributed by atoms with Gasteiger partial charge in [-0.3, -0.25) is 0 Å². The van der Waals surface area contributed by atoms with E-state index in [1.165, 1.54) is 0 Å². The zero-order valence-corrected chi connectivity index (χ0v) is 14.2. The van der Waals surface area contributed by atoms with Crippen LogP contribution in [0.1, 0.15) is 57.6 Å². The lowest BCUT2D eigenvalue weighted by atomic mass is 10.0. The van der Waals surface area contributed by atoms with Crippen LogP contribution in [0.25, 0.3) is 0 Å². The highest BCUT2D eigenvalue weighted by atomic mass is 19.1. The van der Waals surface area contributed by atoms with Crippen LogP contribution in [0.3, 0.4) is 0 Å². The van der Waals surface area contributed by atoms with Crippen LogP contribution in [0.15, 0.2) is 18.2 Å². The molecule has 1 heterocycles. The topological polar surface area (TPSA) is 15.3 Å². The first-order valence-electron chi connectivity index (χ1n) is 8.26. The largest absolute Gasteiger partial charge is 0.310 e. The molecule has 0 amide bonds. The number of likely N-dealkylation sites (tertiary alicyclic amines) is 1. The Morgan fingerprint density at radius 2 is 1.86 bits per heavy atom. The van der Waals surface area contributed by atoms with Gasteiger partial charge in [-0.15, -0.1) is 0 Å². The summed E-state index contributed by atoms with van der Waals surface area (Å²) in [7, 11) is 2.15. The summed E-state index contributed by atoms with van der Waals surface area (Å²) in [6, 6.07) is 6.17. The molecule has 21 heavy (non-hydrogen) atoms. The van der Waals surface area contributed by atoms with E-state index in [1.54, 1.807) is 6.07 Å². The molecule has 1 aliphatic rings. The predicted octanol–water partition coefficient (Wildman–Crippen LogP) is 4.16. The second-order valence-electron chi connectivity index (χ2n) is 5.96. The lowest BCUT2D eigenvalue weighted by Gasteiger charge is -2.29. The number of halogens is 1. The maximum Gasteiger partial charge on any atom is 0.127 e. The Labute approximate surface area is 129 Å². The van der Waals surface area contributed by atoms with E-state index < -0.39 is 0 Å². The highest BCUT2D eigenvalue weighted by Crippen LogP contribution is 2.18. The van der Waals surface area contributed by atoms with E-state index in [2.05, 4.69) is 31.1 Å². The highest BCUT2D eigenvalue weighted by Gasteiger charge is 2.16. The van der Waals surface area contributed by atoms with Crippen LogP contribution in [-0.2, 0) is 6.54 Å². The molecule has 2 nitrogen and oxygen atoms in total. The molecular weight excluding hydrogens is 263 g/mol. The Morgan fingerprint density at radius 1 is 1.24 bits per heavy atom. The van der Waals surface area contributed by atoms with Crippen LogP contribution in [0.4, 0.5) is 4.39 Å². The van der Waals surface area contributed by atoms with Crippen molar-refractivity contribution in [3.63, 3.8) is 0 Å². The van der Waals surface area contributed by atoms with Crippen LogP contribution in [-0.4, -0.2) is 31.1 Å². The zero-order chi connectivity index (χ0) is 15.8. The monoisotopic (exact) mass is 294 g/mol. The van der Waals surface area contributed by atoms with Crippen molar-refractivity contribution in [3.05, 3.63) is 35.1 Å². The third-order valence-corrected chi connectivity index (χ3v) is 4.04. The second-order valence-corrected chi connectivity index (χ2v) is 5.96. The number of hydrogen-bond acceptors (Lipinski definition) is 2. The summed E-state index contributed by atoms with van der Waals surface area (Å²) >= 11 is 0. The molecule has 1 N–H and O–H groups in total. The first-order valence-corrected chi connectivity index (χ1v) is 8.26. The van der Waals surface area contributed by atoms with E-state index in [0.29, 0.717) is 18.5 Å². The van der Waals surface area contributed by atoms with Crippen molar-refractivity contribution in [2.45, 2.75) is 59.0 Å². The molecule has 0 spiro atoms. The van der Waals surface area contributed by atoms with Gasteiger partial charge in [0.25, 0.3) is 0 Å². The minimum absolute atomic E-state index is 0.0772. The molecule has 0 atom stereocenters. The Kier molecular flexibility index (Phi) is 7.91. The fourth-order valence-corrected chi connectivity index (χ4v) is 2.53. The van der Waals surface area contributed by atoms with Crippen LogP contribution in [0.5, 0.6) is 0 Å². The number of benzene rings is 1. The number of hydrogen-bond donors (Lipinski definition) is 1. The molecule has 1 aromatic carbocycles. The summed E-state index contributed by atoms with van der Waals surface area (Å²) in [5.74, 6) is 0.303. The minimum Gasteiger partial charge on any atom is -0.310 e. The lowest BCUT2D eigenvalue weighted by Crippen LogP contribution is -2.40. The van der Waals surface area contributed by atoms with Gasteiger partial charge in [0.05, 0.1) is 0 Å². The molecule has 0 radical (unpaired) electrons. The molecule has 1 fully saturated rings. The summed E-state index contributed by atoms with van der Waals surface area (Å²) in [4.78, 5) is 2.34. The van der Waals surface area contributed by atoms with Crippen LogP contribution in [0.2, 0.25) is 0 Å². The maximum absolute atomic E-state index is 14.0. The van der Waals surface area contributed by atoms with Crippen LogP contribution in [0, 0.1) is 5.82 Å². The zero-order valence-electron chi connectivity index (χ0n) is 14.2. The van der Waals surface area contributed by atoms with Crippen molar-refractivity contribution in [2.24, 2.45) is 0 Å². The molecule has 0 aliphatic carbocycles. The van der Waals surface area contributed by atoms with Gasteiger partial charge in [0.15, 0.2) is 0 Å². The van der Waals surface area contributed by atoms with E-state index in [-0.39, 0.29) is 5.82 Å². The fourth-order valence-electron chi connectivity index (χ4n) is 2.53. The number of rotatable bonds is 4. The van der Waals surface area contributed by atoms with Gasteiger partial charge in [0.2, 0.25) is 0 Å². The Morgan fingerprint density at radius 3 is 2.38 bits per heavy atom. The molecule has 3 heteroatoms.